The molecule has 2 heterocycles. The molecule has 0 saturated carbocycles. The van der Waals surface area contributed by atoms with Crippen molar-refractivity contribution in [1.82, 2.24) is 10.2 Å². The summed E-state index contributed by atoms with van der Waals surface area (Å²) in [4.78, 5) is 29.6. The molecule has 0 radical (unpaired) electrons. The largest absolute Gasteiger partial charge is 0.442 e. The van der Waals surface area contributed by atoms with Crippen LogP contribution in [-0.4, -0.2) is 55.2 Å². The number of nitrogens with one attached hydrogen (secondary N) is 1. The minimum absolute atomic E-state index is 0.188. The highest BCUT2D eigenvalue weighted by Crippen LogP contribution is 2.31. The Balaban J connectivity index is 1.22. The topological polar surface area (TPSA) is 65.1 Å². The molecular weight excluding hydrogens is 495 g/mol. The average molecular weight is 531 g/mol. The Hall–Kier alpha value is -3.91. The van der Waals surface area contributed by atoms with Crippen molar-refractivity contribution in [3.8, 4) is 0 Å². The van der Waals surface area contributed by atoms with Gasteiger partial charge < -0.3 is 15.0 Å². The van der Waals surface area contributed by atoms with Gasteiger partial charge in [-0.05, 0) is 42.2 Å². The molecule has 0 bridgehead atoms. The highest BCUT2D eigenvalue weighted by Gasteiger charge is 2.33. The smallest absolute Gasteiger partial charge is 0.414 e. The van der Waals surface area contributed by atoms with Gasteiger partial charge >= 0.3 is 6.09 Å². The third-order valence-electron chi connectivity index (χ3n) is 7.47. The van der Waals surface area contributed by atoms with Crippen LogP contribution in [0.4, 0.5) is 20.6 Å². The lowest BCUT2D eigenvalue weighted by Crippen LogP contribution is -2.44. The first-order chi connectivity index (χ1) is 19.0. The van der Waals surface area contributed by atoms with Gasteiger partial charge in [-0.1, -0.05) is 60.7 Å². The molecule has 7 nitrogen and oxygen atoms in total. The van der Waals surface area contributed by atoms with E-state index < -0.39 is 12.2 Å². The van der Waals surface area contributed by atoms with Gasteiger partial charge in [0.15, 0.2) is 0 Å². The Morgan fingerprint density at radius 3 is 2.15 bits per heavy atom. The second-order valence-corrected chi connectivity index (χ2v) is 10.3. The summed E-state index contributed by atoms with van der Waals surface area (Å²) in [6, 6.07) is 26.4. The molecule has 2 aliphatic heterocycles. The maximum absolute atomic E-state index is 15.3. The van der Waals surface area contributed by atoms with Gasteiger partial charge in [0, 0.05) is 39.1 Å². The van der Waals surface area contributed by atoms with Crippen LogP contribution >= 0.6 is 0 Å². The average Bonchev–Trinajstić information content (AvgIpc) is 3.33. The fourth-order valence-electron chi connectivity index (χ4n) is 5.44. The first-order valence-electron chi connectivity index (χ1n) is 13.6. The third-order valence-corrected chi connectivity index (χ3v) is 7.47. The molecule has 2 amide bonds. The first-order valence-corrected chi connectivity index (χ1v) is 13.6. The SMILES string of the molecule is CC(=O)NCC1CN(c2ccc(N3CCC(N(Cc4ccccc4)Cc4ccccc4)CC3)c(F)c2)C(=O)O1. The molecule has 8 heteroatoms. The number of nitrogens with zero attached hydrogens (tertiary/aromatic N) is 3. The van der Waals surface area contributed by atoms with Gasteiger partial charge in [-0.15, -0.1) is 0 Å². The zero-order chi connectivity index (χ0) is 27.2. The number of carbonyl (C=O) groups excluding carboxylic acids is 2. The summed E-state index contributed by atoms with van der Waals surface area (Å²) in [5.74, 6) is -0.540. The standard InChI is InChI=1S/C31H35FN4O3/c1-23(37)33-19-28-22-36(31(38)39-28)27-12-13-30(29(32)18-27)34-16-14-26(15-17-34)35(20-24-8-4-2-5-9-24)21-25-10-6-3-7-11-25/h2-13,18,26,28H,14-17,19-22H2,1H3,(H,33,37). The van der Waals surface area contributed by atoms with Gasteiger partial charge in [-0.3, -0.25) is 14.6 Å². The first kappa shape index (κ1) is 26.7. The Labute approximate surface area is 229 Å². The highest BCUT2D eigenvalue weighted by atomic mass is 19.1. The van der Waals surface area contributed by atoms with E-state index in [9.17, 15) is 9.59 Å². The van der Waals surface area contributed by atoms with E-state index in [4.69, 9.17) is 4.74 Å². The molecule has 3 aromatic carbocycles. The molecule has 1 N–H and O–H groups in total. The summed E-state index contributed by atoms with van der Waals surface area (Å²) in [7, 11) is 0. The number of ether oxygens (including phenoxy) is 1. The van der Waals surface area contributed by atoms with E-state index in [0.29, 0.717) is 17.4 Å². The predicted octanol–water partition coefficient (Wildman–Crippen LogP) is 4.96. The maximum atomic E-state index is 15.3. The van der Waals surface area contributed by atoms with Gasteiger partial charge in [0.25, 0.3) is 0 Å². The summed E-state index contributed by atoms with van der Waals surface area (Å²) in [6.45, 7) is 5.17. The zero-order valence-electron chi connectivity index (χ0n) is 22.3. The molecule has 1 atom stereocenters. The number of amides is 2. The van der Waals surface area contributed by atoms with Crippen molar-refractivity contribution >= 4 is 23.4 Å². The van der Waals surface area contributed by atoms with Crippen LogP contribution in [-0.2, 0) is 22.6 Å². The zero-order valence-corrected chi connectivity index (χ0v) is 22.3. The lowest BCUT2D eigenvalue weighted by molar-refractivity contribution is -0.119. The minimum atomic E-state index is -0.532. The maximum Gasteiger partial charge on any atom is 0.414 e. The molecular formula is C31H35FN4O3. The fourth-order valence-corrected chi connectivity index (χ4v) is 5.44. The molecule has 0 spiro atoms. The van der Waals surface area contributed by atoms with Gasteiger partial charge in [-0.2, -0.15) is 0 Å². The van der Waals surface area contributed by atoms with Crippen molar-refractivity contribution in [3.05, 3.63) is 95.8 Å². The normalized spacial score (nSPS) is 17.9. The molecule has 5 rings (SSSR count). The lowest BCUT2D eigenvalue weighted by atomic mass is 10.00. The van der Waals surface area contributed by atoms with Crippen LogP contribution in [0.3, 0.4) is 0 Å². The van der Waals surface area contributed by atoms with Crippen LogP contribution in [0.15, 0.2) is 78.9 Å². The van der Waals surface area contributed by atoms with E-state index in [1.54, 1.807) is 12.1 Å². The van der Waals surface area contributed by atoms with Crippen molar-refractivity contribution in [1.29, 1.82) is 0 Å². The van der Waals surface area contributed by atoms with Gasteiger partial charge in [0.05, 0.1) is 24.5 Å². The number of piperidine rings is 1. The van der Waals surface area contributed by atoms with Crippen LogP contribution in [0.1, 0.15) is 30.9 Å². The van der Waals surface area contributed by atoms with Crippen molar-refractivity contribution in [2.45, 2.75) is 45.0 Å². The number of rotatable bonds is 9. The summed E-state index contributed by atoms with van der Waals surface area (Å²) >= 11 is 0. The van der Waals surface area contributed by atoms with Crippen LogP contribution in [0.25, 0.3) is 0 Å². The second-order valence-electron chi connectivity index (χ2n) is 10.3. The van der Waals surface area contributed by atoms with Crippen LogP contribution < -0.4 is 15.1 Å². The monoisotopic (exact) mass is 530 g/mol. The quantitative estimate of drug-likeness (QED) is 0.424. The number of carbonyl (C=O) groups is 2. The van der Waals surface area contributed by atoms with E-state index in [2.05, 4.69) is 63.6 Å². The fraction of sp³-hybridized carbons (Fsp3) is 0.355. The summed E-state index contributed by atoms with van der Waals surface area (Å²) in [6.07, 6.45) is 0.877. The van der Waals surface area contributed by atoms with Crippen LogP contribution in [0, 0.1) is 5.82 Å². The molecule has 0 aliphatic carbocycles. The van der Waals surface area contributed by atoms with E-state index in [0.717, 1.165) is 39.0 Å². The number of halogens is 1. The summed E-state index contributed by atoms with van der Waals surface area (Å²) < 4.78 is 20.6. The number of hydrogen-bond acceptors (Lipinski definition) is 5. The Bertz CT molecular complexity index is 1220. The Morgan fingerprint density at radius 2 is 1.59 bits per heavy atom. The molecule has 1 unspecified atom stereocenters. The minimum Gasteiger partial charge on any atom is -0.442 e. The van der Waals surface area contributed by atoms with Crippen molar-refractivity contribution in [2.75, 3.05) is 36.0 Å². The van der Waals surface area contributed by atoms with Crippen molar-refractivity contribution in [2.24, 2.45) is 0 Å². The third kappa shape index (κ3) is 6.75. The second kappa shape index (κ2) is 12.3. The molecule has 3 aromatic rings. The molecule has 204 valence electrons. The van der Waals surface area contributed by atoms with E-state index in [1.807, 2.05) is 12.1 Å². The van der Waals surface area contributed by atoms with Gasteiger partial charge in [0.1, 0.15) is 11.9 Å². The molecule has 2 fully saturated rings. The Kier molecular flexibility index (Phi) is 8.42. The molecule has 2 aliphatic rings. The number of anilines is 2. The molecule has 2 saturated heterocycles. The summed E-state index contributed by atoms with van der Waals surface area (Å²) in [5.41, 5.74) is 3.59. The van der Waals surface area contributed by atoms with Crippen LogP contribution in [0.2, 0.25) is 0 Å². The van der Waals surface area contributed by atoms with Gasteiger partial charge in [-0.25, -0.2) is 9.18 Å². The van der Waals surface area contributed by atoms with E-state index >= 15 is 4.39 Å². The molecule has 39 heavy (non-hydrogen) atoms. The summed E-state index contributed by atoms with van der Waals surface area (Å²) in [5, 5.41) is 2.65. The van der Waals surface area contributed by atoms with Crippen LogP contribution in [0.5, 0.6) is 0 Å². The van der Waals surface area contributed by atoms with Gasteiger partial charge in [0.2, 0.25) is 5.91 Å². The van der Waals surface area contributed by atoms with Crippen molar-refractivity contribution < 1.29 is 18.7 Å². The number of benzene rings is 3. The van der Waals surface area contributed by atoms with E-state index in [1.165, 1.54) is 29.0 Å². The predicted molar refractivity (Wildman–Crippen MR) is 150 cm³/mol. The number of cyclic esters (lactones) is 1. The number of hydrogen-bond donors (Lipinski definition) is 1. The Morgan fingerprint density at radius 1 is 0.974 bits per heavy atom. The van der Waals surface area contributed by atoms with Crippen molar-refractivity contribution in [3.63, 3.8) is 0 Å². The lowest BCUT2D eigenvalue weighted by Gasteiger charge is -2.40. The highest BCUT2D eigenvalue weighted by molar-refractivity contribution is 5.90. The molecule has 0 aromatic heterocycles. The van der Waals surface area contributed by atoms with E-state index in [-0.39, 0.29) is 24.8 Å².